The van der Waals surface area contributed by atoms with E-state index in [0.29, 0.717) is 16.6 Å². The number of phenols is 1. The molecule has 0 fully saturated rings. The van der Waals surface area contributed by atoms with Crippen molar-refractivity contribution in [2.45, 2.75) is 0 Å². The van der Waals surface area contributed by atoms with Crippen LogP contribution in [0.4, 0.5) is 0 Å². The van der Waals surface area contributed by atoms with E-state index >= 15 is 0 Å². The van der Waals surface area contributed by atoms with Crippen molar-refractivity contribution in [2.75, 3.05) is 7.11 Å². The Labute approximate surface area is 97.5 Å². The third-order valence-corrected chi connectivity index (χ3v) is 2.65. The lowest BCUT2D eigenvalue weighted by molar-refractivity contribution is 0.415. The van der Waals surface area contributed by atoms with Crippen LogP contribution in [-0.2, 0) is 0 Å². The highest BCUT2D eigenvalue weighted by Gasteiger charge is 2.05. The Hall–Kier alpha value is -2.36. The highest BCUT2D eigenvalue weighted by molar-refractivity contribution is 5.89. The number of rotatable bonds is 1. The summed E-state index contributed by atoms with van der Waals surface area (Å²) in [6, 6.07) is 10.7. The Balaban J connectivity index is 2.40. The Kier molecular flexibility index (Phi) is 2.08. The number of nitrogens with zero attached hydrogens (tertiary/aromatic N) is 2. The molecule has 0 saturated carbocycles. The van der Waals surface area contributed by atoms with Crippen molar-refractivity contribution in [2.24, 2.45) is 0 Å². The first kappa shape index (κ1) is 9.84. The second kappa shape index (κ2) is 3.59. The average molecular weight is 226 g/mol. The summed E-state index contributed by atoms with van der Waals surface area (Å²) in [6.07, 6.45) is 0. The number of para-hydroxylation sites is 1. The first-order chi connectivity index (χ1) is 8.28. The minimum atomic E-state index is 0.139. The van der Waals surface area contributed by atoms with Gasteiger partial charge in [-0.15, -0.1) is 0 Å². The van der Waals surface area contributed by atoms with E-state index in [2.05, 4.69) is 9.97 Å². The maximum atomic E-state index is 9.72. The molecule has 0 spiro atoms. The molecule has 0 radical (unpaired) electrons. The van der Waals surface area contributed by atoms with Crippen LogP contribution in [0.2, 0.25) is 0 Å². The molecule has 84 valence electrons. The van der Waals surface area contributed by atoms with Crippen molar-refractivity contribution < 1.29 is 9.84 Å². The topological polar surface area (TPSA) is 55.2 Å². The van der Waals surface area contributed by atoms with Gasteiger partial charge in [0.25, 0.3) is 0 Å². The van der Waals surface area contributed by atoms with Gasteiger partial charge in [0, 0.05) is 6.07 Å². The summed E-state index contributed by atoms with van der Waals surface area (Å²) >= 11 is 0. The molecule has 3 aromatic rings. The van der Waals surface area contributed by atoms with Crippen molar-refractivity contribution in [3.8, 4) is 11.5 Å². The van der Waals surface area contributed by atoms with Gasteiger partial charge < -0.3 is 9.84 Å². The highest BCUT2D eigenvalue weighted by atomic mass is 16.5. The first-order valence-corrected chi connectivity index (χ1v) is 5.21. The van der Waals surface area contributed by atoms with Crippen molar-refractivity contribution in [1.29, 1.82) is 0 Å². The number of hydrogen-bond donors (Lipinski definition) is 1. The van der Waals surface area contributed by atoms with E-state index in [-0.39, 0.29) is 5.75 Å². The molecule has 0 atom stereocenters. The lowest BCUT2D eigenvalue weighted by Gasteiger charge is -2.04. The van der Waals surface area contributed by atoms with Gasteiger partial charge in [-0.3, -0.25) is 0 Å². The van der Waals surface area contributed by atoms with E-state index in [9.17, 15) is 5.11 Å². The van der Waals surface area contributed by atoms with Crippen LogP contribution in [-0.4, -0.2) is 22.2 Å². The SMILES string of the molecule is COc1ccc2nc3cccc(O)c3nc2c1. The van der Waals surface area contributed by atoms with E-state index in [1.807, 2.05) is 18.2 Å². The highest BCUT2D eigenvalue weighted by Crippen LogP contribution is 2.25. The summed E-state index contributed by atoms with van der Waals surface area (Å²) in [6.45, 7) is 0. The number of phenolic OH excluding ortho intramolecular Hbond substituents is 1. The molecular formula is C13H10N2O2. The molecule has 4 nitrogen and oxygen atoms in total. The van der Waals surface area contributed by atoms with Crippen LogP contribution in [0, 0.1) is 0 Å². The number of aromatic hydroxyl groups is 1. The molecular weight excluding hydrogens is 216 g/mol. The van der Waals surface area contributed by atoms with Crippen molar-refractivity contribution in [3.05, 3.63) is 36.4 Å². The quantitative estimate of drug-likeness (QED) is 0.648. The van der Waals surface area contributed by atoms with Crippen LogP contribution in [0.15, 0.2) is 36.4 Å². The lowest BCUT2D eigenvalue weighted by atomic mass is 10.2. The molecule has 3 rings (SSSR count). The number of methoxy groups -OCH3 is 1. The summed E-state index contributed by atoms with van der Waals surface area (Å²) in [5, 5.41) is 9.72. The van der Waals surface area contributed by atoms with Crippen LogP contribution < -0.4 is 4.74 Å². The number of fused-ring (bicyclic) bond motifs is 2. The minimum Gasteiger partial charge on any atom is -0.506 e. The van der Waals surface area contributed by atoms with E-state index in [0.717, 1.165) is 11.3 Å². The fraction of sp³-hybridized carbons (Fsp3) is 0.0769. The van der Waals surface area contributed by atoms with Crippen LogP contribution in [0.5, 0.6) is 11.5 Å². The van der Waals surface area contributed by atoms with Crippen LogP contribution in [0.25, 0.3) is 22.1 Å². The van der Waals surface area contributed by atoms with Crippen molar-refractivity contribution in [3.63, 3.8) is 0 Å². The van der Waals surface area contributed by atoms with E-state index in [4.69, 9.17) is 4.74 Å². The van der Waals surface area contributed by atoms with Gasteiger partial charge in [-0.05, 0) is 24.3 Å². The van der Waals surface area contributed by atoms with Gasteiger partial charge in [-0.1, -0.05) is 6.07 Å². The normalized spacial score (nSPS) is 10.9. The smallest absolute Gasteiger partial charge is 0.143 e. The number of ether oxygens (including phenoxy) is 1. The Morgan fingerprint density at radius 2 is 1.88 bits per heavy atom. The first-order valence-electron chi connectivity index (χ1n) is 5.21. The minimum absolute atomic E-state index is 0.139. The summed E-state index contributed by atoms with van der Waals surface area (Å²) in [4.78, 5) is 8.83. The van der Waals surface area contributed by atoms with Gasteiger partial charge in [0.05, 0.1) is 23.7 Å². The third kappa shape index (κ3) is 1.54. The Morgan fingerprint density at radius 1 is 1.00 bits per heavy atom. The van der Waals surface area contributed by atoms with Gasteiger partial charge in [0.2, 0.25) is 0 Å². The molecule has 1 aromatic heterocycles. The van der Waals surface area contributed by atoms with Gasteiger partial charge in [-0.2, -0.15) is 0 Å². The van der Waals surface area contributed by atoms with E-state index < -0.39 is 0 Å². The summed E-state index contributed by atoms with van der Waals surface area (Å²) in [5.74, 6) is 0.862. The fourth-order valence-corrected chi connectivity index (χ4v) is 1.79. The summed E-state index contributed by atoms with van der Waals surface area (Å²) < 4.78 is 5.13. The molecule has 0 saturated heterocycles. The van der Waals surface area contributed by atoms with Gasteiger partial charge in [0.1, 0.15) is 17.0 Å². The summed E-state index contributed by atoms with van der Waals surface area (Å²) in [7, 11) is 1.60. The van der Waals surface area contributed by atoms with Gasteiger partial charge >= 0.3 is 0 Å². The molecule has 0 aliphatic rings. The molecule has 17 heavy (non-hydrogen) atoms. The summed E-state index contributed by atoms with van der Waals surface area (Å²) in [5.41, 5.74) is 2.68. The van der Waals surface area contributed by atoms with Gasteiger partial charge in [0.15, 0.2) is 0 Å². The monoisotopic (exact) mass is 226 g/mol. The molecule has 0 bridgehead atoms. The molecule has 4 heteroatoms. The Morgan fingerprint density at radius 3 is 2.71 bits per heavy atom. The zero-order valence-corrected chi connectivity index (χ0v) is 9.21. The third-order valence-electron chi connectivity index (χ3n) is 2.65. The zero-order valence-electron chi connectivity index (χ0n) is 9.21. The molecule has 0 aliphatic heterocycles. The standard InChI is InChI=1S/C13H10N2O2/c1-17-8-5-6-9-11(7-8)15-13-10(14-9)3-2-4-12(13)16/h2-7,16H,1H3. The fourth-order valence-electron chi connectivity index (χ4n) is 1.79. The zero-order chi connectivity index (χ0) is 11.8. The Bertz CT molecular complexity index is 710. The lowest BCUT2D eigenvalue weighted by Crippen LogP contribution is -1.89. The molecule has 1 heterocycles. The van der Waals surface area contributed by atoms with Crippen LogP contribution in [0.1, 0.15) is 0 Å². The predicted molar refractivity (Wildman–Crippen MR) is 65.3 cm³/mol. The maximum Gasteiger partial charge on any atom is 0.143 e. The molecule has 0 amide bonds. The van der Waals surface area contributed by atoms with E-state index in [1.54, 1.807) is 25.3 Å². The molecule has 0 aliphatic carbocycles. The molecule has 1 N–H and O–H groups in total. The number of benzene rings is 2. The van der Waals surface area contributed by atoms with Crippen LogP contribution >= 0.6 is 0 Å². The van der Waals surface area contributed by atoms with Gasteiger partial charge in [-0.25, -0.2) is 9.97 Å². The molecule has 0 unspecified atom stereocenters. The van der Waals surface area contributed by atoms with E-state index in [1.165, 1.54) is 0 Å². The predicted octanol–water partition coefficient (Wildman–Crippen LogP) is 2.50. The van der Waals surface area contributed by atoms with Crippen molar-refractivity contribution >= 4 is 22.1 Å². The maximum absolute atomic E-state index is 9.72. The van der Waals surface area contributed by atoms with Crippen molar-refractivity contribution in [1.82, 2.24) is 9.97 Å². The molecule has 2 aromatic carbocycles. The average Bonchev–Trinajstić information content (AvgIpc) is 2.37. The number of hydrogen-bond acceptors (Lipinski definition) is 4. The second-order valence-corrected chi connectivity index (χ2v) is 3.72. The number of aromatic nitrogens is 2. The largest absolute Gasteiger partial charge is 0.506 e. The van der Waals surface area contributed by atoms with Crippen LogP contribution in [0.3, 0.4) is 0 Å². The second-order valence-electron chi connectivity index (χ2n) is 3.72.